The highest BCUT2D eigenvalue weighted by molar-refractivity contribution is 5.93. The summed E-state index contributed by atoms with van der Waals surface area (Å²) >= 11 is 0. The van der Waals surface area contributed by atoms with Gasteiger partial charge in [0.25, 0.3) is 0 Å². The van der Waals surface area contributed by atoms with Crippen molar-refractivity contribution in [1.82, 2.24) is 4.98 Å². The number of fused-ring (bicyclic) bond motifs is 2. The minimum absolute atomic E-state index is 0.0689. The minimum Gasteiger partial charge on any atom is -0.462 e. The SMILES string of the molecule is C=C1[C@H](OC(C)=O)[C@@H](O)[C@H](OC(=O)c2cccnc2)C(C)(C)[C@H]2O[C@H]2[C@@H](C)C(=O)[C@@]2(OC(C)=O)C[C@H](C)[C@H](OC(C)=O)[C@@H]2[C@H]1OC(C)=O. The number of esters is 5. The molecule has 0 spiro atoms. The van der Waals surface area contributed by atoms with Crippen molar-refractivity contribution < 1.29 is 62.3 Å². The third-order valence-corrected chi connectivity index (χ3v) is 9.42. The molecule has 1 aromatic rings. The molecule has 1 saturated heterocycles. The largest absolute Gasteiger partial charge is 0.462 e. The van der Waals surface area contributed by atoms with E-state index in [1.807, 2.05) is 0 Å². The van der Waals surface area contributed by atoms with Crippen molar-refractivity contribution in [3.05, 3.63) is 42.2 Å². The zero-order valence-electron chi connectivity index (χ0n) is 28.3. The van der Waals surface area contributed by atoms with Gasteiger partial charge in [-0.05, 0) is 18.1 Å². The van der Waals surface area contributed by atoms with E-state index >= 15 is 0 Å². The maximum absolute atomic E-state index is 14.7. The number of aromatic nitrogens is 1. The number of carbonyl (C=O) groups is 6. The summed E-state index contributed by atoms with van der Waals surface area (Å²) in [6, 6.07) is 2.99. The van der Waals surface area contributed by atoms with Crippen LogP contribution in [-0.4, -0.2) is 94.0 Å². The summed E-state index contributed by atoms with van der Waals surface area (Å²) in [5, 5.41) is 12.1. The molecule has 0 unspecified atom stereocenters. The van der Waals surface area contributed by atoms with E-state index < -0.39 is 107 Å². The van der Waals surface area contributed by atoms with E-state index in [9.17, 15) is 33.9 Å². The van der Waals surface area contributed by atoms with Gasteiger partial charge < -0.3 is 33.5 Å². The highest BCUT2D eigenvalue weighted by Crippen LogP contribution is 2.54. The highest BCUT2D eigenvalue weighted by atomic mass is 16.6. The number of nitrogens with zero attached hydrogens (tertiary/aromatic N) is 1. The number of Topliss-reactive ketones (excluding diaryl/α,β-unsaturated/α-hetero) is 1. The molecule has 3 aliphatic rings. The van der Waals surface area contributed by atoms with Crippen molar-refractivity contribution in [2.75, 3.05) is 0 Å². The lowest BCUT2D eigenvalue weighted by molar-refractivity contribution is -0.188. The summed E-state index contributed by atoms with van der Waals surface area (Å²) < 4.78 is 35.0. The Labute approximate surface area is 278 Å². The second kappa shape index (κ2) is 13.7. The van der Waals surface area contributed by atoms with Gasteiger partial charge in [-0.15, -0.1) is 0 Å². The van der Waals surface area contributed by atoms with Gasteiger partial charge in [-0.2, -0.15) is 0 Å². The van der Waals surface area contributed by atoms with Gasteiger partial charge in [0.15, 0.2) is 17.5 Å². The Morgan fingerprint density at radius 1 is 0.938 bits per heavy atom. The molecular formula is C34H43NO13. The van der Waals surface area contributed by atoms with Crippen LogP contribution in [-0.2, 0) is 52.4 Å². The number of aliphatic hydroxyl groups is 1. The maximum atomic E-state index is 14.7. The Morgan fingerprint density at radius 3 is 2.08 bits per heavy atom. The van der Waals surface area contributed by atoms with Crippen LogP contribution in [0.4, 0.5) is 0 Å². The number of hydrogen-bond donors (Lipinski definition) is 1. The Bertz CT molecular complexity index is 1470. The van der Waals surface area contributed by atoms with Crippen molar-refractivity contribution in [2.45, 2.75) is 110 Å². The molecule has 11 atom stereocenters. The van der Waals surface area contributed by atoms with E-state index in [2.05, 4.69) is 11.6 Å². The first-order valence-electron chi connectivity index (χ1n) is 15.7. The van der Waals surface area contributed by atoms with E-state index in [0.717, 1.165) is 27.7 Å². The lowest BCUT2D eigenvalue weighted by Crippen LogP contribution is -2.60. The normalized spacial score (nSPS) is 35.8. The monoisotopic (exact) mass is 673 g/mol. The van der Waals surface area contributed by atoms with Crippen molar-refractivity contribution in [3.63, 3.8) is 0 Å². The predicted molar refractivity (Wildman–Crippen MR) is 164 cm³/mol. The van der Waals surface area contributed by atoms with Crippen LogP contribution in [0.2, 0.25) is 0 Å². The molecule has 0 bridgehead atoms. The van der Waals surface area contributed by atoms with Gasteiger partial charge in [0, 0.05) is 63.4 Å². The lowest BCUT2D eigenvalue weighted by Gasteiger charge is -2.44. The molecule has 1 N–H and O–H groups in total. The molecule has 262 valence electrons. The Morgan fingerprint density at radius 2 is 1.54 bits per heavy atom. The highest BCUT2D eigenvalue weighted by Gasteiger charge is 2.69. The first-order valence-corrected chi connectivity index (χ1v) is 15.7. The number of hydrogen-bond acceptors (Lipinski definition) is 14. The topological polar surface area (TPSA) is 194 Å². The molecule has 0 amide bonds. The Balaban J connectivity index is 1.98. The van der Waals surface area contributed by atoms with Crippen molar-refractivity contribution >= 4 is 35.6 Å². The van der Waals surface area contributed by atoms with Gasteiger partial charge in [-0.25, -0.2) is 4.79 Å². The molecular weight excluding hydrogens is 630 g/mol. The number of ether oxygens (including phenoxy) is 6. The molecule has 0 radical (unpaired) electrons. The zero-order valence-corrected chi connectivity index (χ0v) is 28.3. The molecule has 2 aliphatic carbocycles. The summed E-state index contributed by atoms with van der Waals surface area (Å²) in [6.45, 7) is 15.1. The zero-order chi connectivity index (χ0) is 35.9. The summed E-state index contributed by atoms with van der Waals surface area (Å²) in [6.07, 6.45) is -6.85. The number of ketones is 1. The van der Waals surface area contributed by atoms with Gasteiger partial charge in [-0.3, -0.25) is 29.0 Å². The van der Waals surface area contributed by atoms with Crippen LogP contribution >= 0.6 is 0 Å². The van der Waals surface area contributed by atoms with Gasteiger partial charge >= 0.3 is 29.8 Å². The third kappa shape index (κ3) is 7.00. The van der Waals surface area contributed by atoms with Gasteiger partial charge in [0.2, 0.25) is 0 Å². The lowest BCUT2D eigenvalue weighted by atomic mass is 9.70. The van der Waals surface area contributed by atoms with Crippen LogP contribution in [0.1, 0.15) is 72.2 Å². The molecule has 14 nitrogen and oxygen atoms in total. The van der Waals surface area contributed by atoms with Crippen LogP contribution in [0.3, 0.4) is 0 Å². The molecule has 3 fully saturated rings. The number of epoxide rings is 1. The van der Waals surface area contributed by atoms with E-state index in [4.69, 9.17) is 28.4 Å². The van der Waals surface area contributed by atoms with Crippen LogP contribution in [0.15, 0.2) is 36.7 Å². The smallest absolute Gasteiger partial charge is 0.340 e. The average Bonchev–Trinajstić information content (AvgIpc) is 3.76. The maximum Gasteiger partial charge on any atom is 0.340 e. The summed E-state index contributed by atoms with van der Waals surface area (Å²) in [4.78, 5) is 82.5. The van der Waals surface area contributed by atoms with Gasteiger partial charge in [0.1, 0.15) is 24.4 Å². The first-order chi connectivity index (χ1) is 22.3. The van der Waals surface area contributed by atoms with E-state index in [-0.39, 0.29) is 17.6 Å². The van der Waals surface area contributed by atoms with Crippen LogP contribution in [0.5, 0.6) is 0 Å². The van der Waals surface area contributed by atoms with Crippen LogP contribution in [0, 0.1) is 23.2 Å². The summed E-state index contributed by atoms with van der Waals surface area (Å²) in [7, 11) is 0. The summed E-state index contributed by atoms with van der Waals surface area (Å²) in [5.41, 5.74) is -3.46. The predicted octanol–water partition coefficient (Wildman–Crippen LogP) is 2.29. The van der Waals surface area contributed by atoms with Crippen molar-refractivity contribution in [3.8, 4) is 0 Å². The number of pyridine rings is 1. The molecule has 4 rings (SSSR count). The molecule has 14 heteroatoms. The molecule has 48 heavy (non-hydrogen) atoms. The van der Waals surface area contributed by atoms with Gasteiger partial charge in [-0.1, -0.05) is 34.3 Å². The second-order valence-electron chi connectivity index (χ2n) is 13.5. The minimum atomic E-state index is -2.04. The molecule has 2 heterocycles. The van der Waals surface area contributed by atoms with Crippen LogP contribution < -0.4 is 0 Å². The number of rotatable bonds is 6. The van der Waals surface area contributed by atoms with E-state index in [0.29, 0.717) is 0 Å². The van der Waals surface area contributed by atoms with E-state index in [1.54, 1.807) is 27.7 Å². The molecule has 1 aliphatic heterocycles. The molecule has 2 saturated carbocycles. The molecule has 0 aromatic carbocycles. The number of aliphatic hydroxyl groups excluding tert-OH is 1. The fourth-order valence-corrected chi connectivity index (χ4v) is 7.38. The van der Waals surface area contributed by atoms with Crippen LogP contribution in [0.25, 0.3) is 0 Å². The van der Waals surface area contributed by atoms with E-state index in [1.165, 1.54) is 24.5 Å². The van der Waals surface area contributed by atoms with Crippen molar-refractivity contribution in [2.24, 2.45) is 23.2 Å². The number of carbonyl (C=O) groups excluding carboxylic acids is 6. The first kappa shape index (κ1) is 36.7. The third-order valence-electron chi connectivity index (χ3n) is 9.42. The van der Waals surface area contributed by atoms with Crippen molar-refractivity contribution in [1.29, 1.82) is 0 Å². The summed E-state index contributed by atoms with van der Waals surface area (Å²) in [5.74, 6) is -7.73. The Kier molecular flexibility index (Phi) is 10.5. The fourth-order valence-electron chi connectivity index (χ4n) is 7.38. The average molecular weight is 674 g/mol. The van der Waals surface area contributed by atoms with Gasteiger partial charge in [0.05, 0.1) is 23.7 Å². The fraction of sp³-hybridized carbons (Fsp3) is 0.618. The second-order valence-corrected chi connectivity index (χ2v) is 13.5. The Hall–Kier alpha value is -4.17. The standard InChI is InChI=1S/C34H43NO13/c1-15-13-34(48-21(7)39)23(25(15)43-18(4)36)26(44-19(5)37)16(2)27(45-20(6)38)24(40)30(47-32(42)22-11-10-12-35-14-22)33(8,9)31-28(46-31)17(3)29(34)41/h10-12,14-15,17,23-28,30-31,40H,2,13H2,1,3-9H3/t15-,17+,23+,24+,25-,26-,27-,28-,30-,31-,34+/m0/s1. The quantitative estimate of drug-likeness (QED) is 0.200. The molecule has 1 aromatic heterocycles.